The second kappa shape index (κ2) is 6.79. The number of nitrogens with one attached hydrogen (secondary N) is 2. The molecule has 4 amide bonds. The van der Waals surface area contributed by atoms with Gasteiger partial charge in [0.2, 0.25) is 5.91 Å². The first-order valence-corrected chi connectivity index (χ1v) is 7.83. The molecule has 0 spiro atoms. The highest BCUT2D eigenvalue weighted by Gasteiger charge is 2.42. The summed E-state index contributed by atoms with van der Waals surface area (Å²) in [7, 11) is 0. The Bertz CT molecular complexity index is 909. The average Bonchev–Trinajstić information content (AvgIpc) is 2.56. The molecule has 0 bridgehead atoms. The summed E-state index contributed by atoms with van der Waals surface area (Å²) in [6, 6.07) is 11.4. The van der Waals surface area contributed by atoms with E-state index in [4.69, 9.17) is 0 Å². The molecule has 2 N–H and O–H groups in total. The first-order chi connectivity index (χ1) is 12.4. The largest absolute Gasteiger partial charge is 0.358 e. The molecule has 1 fully saturated rings. The van der Waals surface area contributed by atoms with Crippen molar-refractivity contribution in [2.24, 2.45) is 5.92 Å². The molecule has 0 saturated carbocycles. The number of hydrogen-bond donors (Lipinski definition) is 2. The highest BCUT2D eigenvalue weighted by Crippen LogP contribution is 2.25. The van der Waals surface area contributed by atoms with Crippen LogP contribution in [0.2, 0.25) is 0 Å². The van der Waals surface area contributed by atoms with Crippen LogP contribution in [0.3, 0.4) is 0 Å². The van der Waals surface area contributed by atoms with Gasteiger partial charge in [0, 0.05) is 11.4 Å². The van der Waals surface area contributed by atoms with Crippen molar-refractivity contribution in [3.05, 3.63) is 72.2 Å². The summed E-state index contributed by atoms with van der Waals surface area (Å²) in [5, 5.41) is 4.91. The molecular weight excluding hydrogens is 337 g/mol. The van der Waals surface area contributed by atoms with Crippen LogP contribution in [0.25, 0.3) is 0 Å². The van der Waals surface area contributed by atoms with E-state index in [1.54, 1.807) is 30.3 Å². The normalized spacial score (nSPS) is 17.1. The van der Waals surface area contributed by atoms with Crippen LogP contribution in [0.1, 0.15) is 5.56 Å². The molecule has 1 saturated heterocycles. The lowest BCUT2D eigenvalue weighted by Crippen LogP contribution is -2.59. The minimum Gasteiger partial charge on any atom is -0.358 e. The molecule has 0 aliphatic carbocycles. The molecule has 3 rings (SSSR count). The molecule has 1 heterocycles. The van der Waals surface area contributed by atoms with Gasteiger partial charge >= 0.3 is 6.03 Å². The van der Waals surface area contributed by atoms with Crippen LogP contribution in [0.5, 0.6) is 0 Å². The number of rotatable bonds is 4. The predicted molar refractivity (Wildman–Crippen MR) is 94.9 cm³/mol. The highest BCUT2D eigenvalue weighted by atomic mass is 19.1. The Morgan fingerprint density at radius 3 is 2.50 bits per heavy atom. The molecule has 7 heteroatoms. The second-order valence-electron chi connectivity index (χ2n) is 5.90. The lowest BCUT2D eigenvalue weighted by atomic mass is 10.0. The van der Waals surface area contributed by atoms with Gasteiger partial charge in [0.1, 0.15) is 5.82 Å². The number of imide groups is 2. The SMILES string of the molecule is C=C(Nc1cccc(F)c1)[C@H]1C(=O)NC(=O)N(c2ccc(C)cc2)C1=O. The van der Waals surface area contributed by atoms with E-state index >= 15 is 0 Å². The number of barbiturate groups is 1. The highest BCUT2D eigenvalue weighted by molar-refractivity contribution is 6.28. The average molecular weight is 353 g/mol. The quantitative estimate of drug-likeness (QED) is 0.829. The fourth-order valence-electron chi connectivity index (χ4n) is 2.64. The second-order valence-corrected chi connectivity index (χ2v) is 5.90. The number of halogens is 1. The van der Waals surface area contributed by atoms with Crippen molar-refractivity contribution >= 4 is 29.2 Å². The lowest BCUT2D eigenvalue weighted by Gasteiger charge is -2.31. The van der Waals surface area contributed by atoms with Gasteiger partial charge in [0.25, 0.3) is 5.91 Å². The Labute approximate surface area is 149 Å². The van der Waals surface area contributed by atoms with Crippen molar-refractivity contribution in [2.45, 2.75) is 6.92 Å². The van der Waals surface area contributed by atoms with Gasteiger partial charge in [-0.05, 0) is 37.3 Å². The first-order valence-electron chi connectivity index (χ1n) is 7.83. The molecule has 2 aromatic carbocycles. The molecule has 26 heavy (non-hydrogen) atoms. The van der Waals surface area contributed by atoms with Crippen LogP contribution >= 0.6 is 0 Å². The van der Waals surface area contributed by atoms with Gasteiger partial charge in [-0.15, -0.1) is 0 Å². The standard InChI is InChI=1S/C19H16FN3O3/c1-11-6-8-15(9-7-11)23-18(25)16(17(24)22-19(23)26)12(2)21-14-5-3-4-13(20)10-14/h3-10,16,21H,2H2,1H3,(H,22,24,26)/t16-/m0/s1. The van der Waals surface area contributed by atoms with Crippen molar-refractivity contribution in [1.82, 2.24) is 5.32 Å². The summed E-state index contributed by atoms with van der Waals surface area (Å²) in [4.78, 5) is 38.0. The minimum atomic E-state index is -1.32. The molecule has 0 radical (unpaired) electrons. The molecule has 1 aliphatic rings. The maximum absolute atomic E-state index is 13.3. The minimum absolute atomic E-state index is 0.0442. The van der Waals surface area contributed by atoms with Gasteiger partial charge in [0.15, 0.2) is 5.92 Å². The van der Waals surface area contributed by atoms with Crippen molar-refractivity contribution in [3.63, 3.8) is 0 Å². The molecule has 0 unspecified atom stereocenters. The molecule has 6 nitrogen and oxygen atoms in total. The Hall–Kier alpha value is -3.48. The van der Waals surface area contributed by atoms with E-state index in [0.717, 1.165) is 10.5 Å². The Balaban J connectivity index is 1.87. The van der Waals surface area contributed by atoms with Crippen LogP contribution in [0.15, 0.2) is 60.8 Å². The van der Waals surface area contributed by atoms with Gasteiger partial charge in [-0.25, -0.2) is 14.1 Å². The number of aryl methyl sites for hydroxylation is 1. The third kappa shape index (κ3) is 3.32. The summed E-state index contributed by atoms with van der Waals surface area (Å²) in [6.45, 7) is 5.59. The van der Waals surface area contributed by atoms with Gasteiger partial charge < -0.3 is 5.32 Å². The maximum atomic E-state index is 13.3. The molecule has 1 aliphatic heterocycles. The van der Waals surface area contributed by atoms with Crippen LogP contribution in [-0.4, -0.2) is 17.8 Å². The summed E-state index contributed by atoms with van der Waals surface area (Å²) < 4.78 is 13.3. The topological polar surface area (TPSA) is 78.5 Å². The lowest BCUT2D eigenvalue weighted by molar-refractivity contribution is -0.132. The maximum Gasteiger partial charge on any atom is 0.335 e. The Kier molecular flexibility index (Phi) is 4.53. The van der Waals surface area contributed by atoms with E-state index in [9.17, 15) is 18.8 Å². The molecule has 2 aromatic rings. The summed E-state index contributed by atoms with van der Waals surface area (Å²) in [6.07, 6.45) is 0. The van der Waals surface area contributed by atoms with Crippen molar-refractivity contribution < 1.29 is 18.8 Å². The number of carbonyl (C=O) groups excluding carboxylic acids is 3. The monoisotopic (exact) mass is 353 g/mol. The number of amides is 4. The van der Waals surface area contributed by atoms with Crippen molar-refractivity contribution in [3.8, 4) is 0 Å². The summed E-state index contributed by atoms with van der Waals surface area (Å²) in [5.74, 6) is -3.30. The van der Waals surface area contributed by atoms with E-state index in [2.05, 4.69) is 17.2 Å². The van der Waals surface area contributed by atoms with Crippen molar-refractivity contribution in [2.75, 3.05) is 10.2 Å². The van der Waals surface area contributed by atoms with Gasteiger partial charge in [-0.3, -0.25) is 14.9 Å². The van der Waals surface area contributed by atoms with E-state index in [-0.39, 0.29) is 5.70 Å². The summed E-state index contributed by atoms with van der Waals surface area (Å²) >= 11 is 0. The number of hydrogen-bond acceptors (Lipinski definition) is 4. The van der Waals surface area contributed by atoms with E-state index < -0.39 is 29.6 Å². The van der Waals surface area contributed by atoms with E-state index in [1.807, 2.05) is 6.92 Å². The number of benzene rings is 2. The van der Waals surface area contributed by atoms with Crippen molar-refractivity contribution in [1.29, 1.82) is 0 Å². The van der Waals surface area contributed by atoms with Crippen LogP contribution < -0.4 is 15.5 Å². The Morgan fingerprint density at radius 2 is 1.85 bits per heavy atom. The zero-order chi connectivity index (χ0) is 18.8. The molecule has 1 atom stereocenters. The first kappa shape index (κ1) is 17.3. The van der Waals surface area contributed by atoms with Crippen LogP contribution in [-0.2, 0) is 9.59 Å². The van der Waals surface area contributed by atoms with Gasteiger partial charge in [-0.1, -0.05) is 30.3 Å². The molecule has 132 valence electrons. The van der Waals surface area contributed by atoms with Crippen LogP contribution in [0.4, 0.5) is 20.6 Å². The van der Waals surface area contributed by atoms with E-state index in [1.165, 1.54) is 18.2 Å². The van der Waals surface area contributed by atoms with Gasteiger partial charge in [-0.2, -0.15) is 0 Å². The fourth-order valence-corrected chi connectivity index (χ4v) is 2.64. The number of anilines is 2. The predicted octanol–water partition coefficient (Wildman–Crippen LogP) is 2.96. The molecular formula is C19H16FN3O3. The number of carbonyl (C=O) groups is 3. The van der Waals surface area contributed by atoms with E-state index in [0.29, 0.717) is 11.4 Å². The zero-order valence-corrected chi connectivity index (χ0v) is 14.0. The smallest absolute Gasteiger partial charge is 0.335 e. The number of urea groups is 1. The van der Waals surface area contributed by atoms with Gasteiger partial charge in [0.05, 0.1) is 5.69 Å². The molecule has 0 aromatic heterocycles. The zero-order valence-electron chi connectivity index (χ0n) is 14.0. The van der Waals surface area contributed by atoms with Crippen LogP contribution in [0, 0.1) is 18.7 Å². The Morgan fingerprint density at radius 1 is 1.15 bits per heavy atom. The fraction of sp³-hybridized carbons (Fsp3) is 0.105. The third-order valence-corrected chi connectivity index (χ3v) is 3.93. The third-order valence-electron chi connectivity index (χ3n) is 3.93. The summed E-state index contributed by atoms with van der Waals surface area (Å²) in [5.41, 5.74) is 1.69. The number of nitrogens with zero attached hydrogens (tertiary/aromatic N) is 1.